The minimum absolute atomic E-state index is 0.105. The Morgan fingerprint density at radius 2 is 2.12 bits per heavy atom. The second kappa shape index (κ2) is 5.40. The molecule has 0 aliphatic heterocycles. The van der Waals surface area contributed by atoms with Crippen LogP contribution in [0.15, 0.2) is 30.9 Å². The molecular weight excluding hydrogens is 220 g/mol. The van der Waals surface area contributed by atoms with E-state index in [0.29, 0.717) is 6.61 Å². The van der Waals surface area contributed by atoms with E-state index >= 15 is 0 Å². The van der Waals surface area contributed by atoms with E-state index in [2.05, 4.69) is 27.4 Å². The molecule has 0 N–H and O–H groups in total. The third-order valence-corrected chi connectivity index (χ3v) is 3.23. The molecule has 0 bridgehead atoms. The van der Waals surface area contributed by atoms with E-state index in [0.717, 1.165) is 17.2 Å². The first-order valence-electron chi connectivity index (χ1n) is 5.55. The molecule has 1 aromatic rings. The monoisotopic (exact) mass is 238 g/mol. The number of halogens is 1. The average Bonchev–Trinajstić information content (AvgIpc) is 2.26. The summed E-state index contributed by atoms with van der Waals surface area (Å²) < 4.78 is 5.43. The molecule has 1 nitrogen and oxygen atoms in total. The van der Waals surface area contributed by atoms with Gasteiger partial charge in [-0.05, 0) is 29.5 Å². The Hall–Kier alpha value is -0.950. The standard InChI is InChI=1S/C14H19ClO/c1-5-9-16-11-7-8-12(13(15)10-11)14(3,4)6-2/h5,7-8,10H,1,6,9H2,2-4H3. The van der Waals surface area contributed by atoms with Crippen molar-refractivity contribution in [3.05, 3.63) is 41.4 Å². The number of benzene rings is 1. The van der Waals surface area contributed by atoms with Crippen molar-refractivity contribution in [1.29, 1.82) is 0 Å². The Kier molecular flexibility index (Phi) is 4.43. The molecule has 2 heteroatoms. The number of ether oxygens (including phenoxy) is 1. The highest BCUT2D eigenvalue weighted by Crippen LogP contribution is 2.34. The third-order valence-electron chi connectivity index (χ3n) is 2.92. The zero-order valence-electron chi connectivity index (χ0n) is 10.2. The number of hydrogen-bond donors (Lipinski definition) is 0. The van der Waals surface area contributed by atoms with E-state index in [-0.39, 0.29) is 5.41 Å². The van der Waals surface area contributed by atoms with Crippen LogP contribution in [0.4, 0.5) is 0 Å². The summed E-state index contributed by atoms with van der Waals surface area (Å²) in [7, 11) is 0. The Bertz CT molecular complexity index is 369. The molecule has 0 saturated heterocycles. The van der Waals surface area contributed by atoms with Gasteiger partial charge in [0.2, 0.25) is 0 Å². The van der Waals surface area contributed by atoms with Crippen LogP contribution < -0.4 is 4.74 Å². The second-order valence-corrected chi connectivity index (χ2v) is 4.89. The highest BCUT2D eigenvalue weighted by Gasteiger charge is 2.21. The summed E-state index contributed by atoms with van der Waals surface area (Å²) in [5.41, 5.74) is 1.27. The van der Waals surface area contributed by atoms with Gasteiger partial charge in [-0.25, -0.2) is 0 Å². The maximum atomic E-state index is 6.27. The van der Waals surface area contributed by atoms with Gasteiger partial charge in [0.15, 0.2) is 0 Å². The summed E-state index contributed by atoms with van der Waals surface area (Å²) in [6, 6.07) is 5.88. The van der Waals surface area contributed by atoms with Gasteiger partial charge in [-0.1, -0.05) is 51.1 Å². The van der Waals surface area contributed by atoms with Gasteiger partial charge in [-0.3, -0.25) is 0 Å². The van der Waals surface area contributed by atoms with Crippen molar-refractivity contribution in [2.24, 2.45) is 0 Å². The Labute approximate surface area is 103 Å². The number of rotatable bonds is 5. The first-order valence-corrected chi connectivity index (χ1v) is 5.92. The third kappa shape index (κ3) is 3.02. The summed E-state index contributed by atoms with van der Waals surface area (Å²) in [6.07, 6.45) is 2.78. The minimum Gasteiger partial charge on any atom is -0.490 e. The molecule has 0 unspecified atom stereocenters. The van der Waals surface area contributed by atoms with Crippen molar-refractivity contribution in [1.82, 2.24) is 0 Å². The molecule has 0 spiro atoms. The van der Waals surface area contributed by atoms with Gasteiger partial charge >= 0.3 is 0 Å². The molecule has 0 aliphatic carbocycles. The summed E-state index contributed by atoms with van der Waals surface area (Å²) in [5, 5.41) is 0.772. The lowest BCUT2D eigenvalue weighted by Crippen LogP contribution is -2.16. The topological polar surface area (TPSA) is 9.23 Å². The van der Waals surface area contributed by atoms with Crippen molar-refractivity contribution in [2.45, 2.75) is 32.6 Å². The zero-order chi connectivity index (χ0) is 12.2. The molecule has 0 fully saturated rings. The van der Waals surface area contributed by atoms with E-state index in [9.17, 15) is 0 Å². The molecule has 0 radical (unpaired) electrons. The molecule has 1 rings (SSSR count). The molecule has 0 aliphatic rings. The molecule has 0 amide bonds. The van der Waals surface area contributed by atoms with Crippen molar-refractivity contribution in [3.63, 3.8) is 0 Å². The van der Waals surface area contributed by atoms with Crippen molar-refractivity contribution in [3.8, 4) is 5.75 Å². The average molecular weight is 239 g/mol. The molecule has 16 heavy (non-hydrogen) atoms. The fraction of sp³-hybridized carbons (Fsp3) is 0.429. The highest BCUT2D eigenvalue weighted by atomic mass is 35.5. The van der Waals surface area contributed by atoms with Crippen molar-refractivity contribution >= 4 is 11.6 Å². The fourth-order valence-electron chi connectivity index (χ4n) is 1.48. The van der Waals surface area contributed by atoms with Crippen LogP contribution in [-0.4, -0.2) is 6.61 Å². The lowest BCUT2D eigenvalue weighted by Gasteiger charge is -2.24. The Morgan fingerprint density at radius 3 is 2.62 bits per heavy atom. The highest BCUT2D eigenvalue weighted by molar-refractivity contribution is 6.31. The normalized spacial score (nSPS) is 11.2. The van der Waals surface area contributed by atoms with E-state index in [1.54, 1.807) is 6.08 Å². The van der Waals surface area contributed by atoms with Crippen LogP contribution in [0.25, 0.3) is 0 Å². The van der Waals surface area contributed by atoms with Crippen LogP contribution in [0.3, 0.4) is 0 Å². The Balaban J connectivity index is 2.95. The maximum Gasteiger partial charge on any atom is 0.121 e. The first-order chi connectivity index (χ1) is 7.51. The molecule has 0 atom stereocenters. The molecule has 0 heterocycles. The molecule has 1 aromatic carbocycles. The first kappa shape index (κ1) is 13.1. The van der Waals surface area contributed by atoms with Gasteiger partial charge in [0.1, 0.15) is 12.4 Å². The summed E-state index contributed by atoms with van der Waals surface area (Å²) in [6.45, 7) is 10.7. The van der Waals surface area contributed by atoms with Crippen LogP contribution in [-0.2, 0) is 5.41 Å². The molecular formula is C14H19ClO. The van der Waals surface area contributed by atoms with E-state index in [1.165, 1.54) is 5.56 Å². The van der Waals surface area contributed by atoms with Gasteiger partial charge < -0.3 is 4.74 Å². The largest absolute Gasteiger partial charge is 0.490 e. The lowest BCUT2D eigenvalue weighted by molar-refractivity contribution is 0.362. The predicted molar refractivity (Wildman–Crippen MR) is 70.5 cm³/mol. The van der Waals surface area contributed by atoms with Gasteiger partial charge in [0.05, 0.1) is 0 Å². The zero-order valence-corrected chi connectivity index (χ0v) is 11.0. The van der Waals surface area contributed by atoms with E-state index in [1.807, 2.05) is 18.2 Å². The molecule has 0 aromatic heterocycles. The van der Waals surface area contributed by atoms with Crippen molar-refractivity contribution in [2.75, 3.05) is 6.61 Å². The van der Waals surface area contributed by atoms with Gasteiger partial charge in [-0.15, -0.1) is 0 Å². The second-order valence-electron chi connectivity index (χ2n) is 4.48. The minimum atomic E-state index is 0.105. The lowest BCUT2D eigenvalue weighted by atomic mass is 9.82. The van der Waals surface area contributed by atoms with Crippen LogP contribution in [0.2, 0.25) is 5.02 Å². The van der Waals surface area contributed by atoms with Crippen molar-refractivity contribution < 1.29 is 4.74 Å². The summed E-state index contributed by atoms with van der Waals surface area (Å²) in [4.78, 5) is 0. The molecule has 88 valence electrons. The predicted octanol–water partition coefficient (Wildman–Crippen LogP) is 4.59. The summed E-state index contributed by atoms with van der Waals surface area (Å²) in [5.74, 6) is 0.792. The van der Waals surface area contributed by atoms with E-state index in [4.69, 9.17) is 16.3 Å². The fourth-order valence-corrected chi connectivity index (χ4v) is 1.91. The SMILES string of the molecule is C=CCOc1ccc(C(C)(C)CC)c(Cl)c1. The van der Waals surface area contributed by atoms with Crippen LogP contribution >= 0.6 is 11.6 Å². The summed E-state index contributed by atoms with van der Waals surface area (Å²) >= 11 is 6.27. The van der Waals surface area contributed by atoms with Crippen LogP contribution in [0.5, 0.6) is 5.75 Å². The van der Waals surface area contributed by atoms with Crippen LogP contribution in [0.1, 0.15) is 32.8 Å². The van der Waals surface area contributed by atoms with Gasteiger partial charge in [0, 0.05) is 5.02 Å². The van der Waals surface area contributed by atoms with Gasteiger partial charge in [0.25, 0.3) is 0 Å². The smallest absolute Gasteiger partial charge is 0.121 e. The number of hydrogen-bond acceptors (Lipinski definition) is 1. The quantitative estimate of drug-likeness (QED) is 0.682. The maximum absolute atomic E-state index is 6.27. The Morgan fingerprint density at radius 1 is 1.44 bits per heavy atom. The molecule has 0 saturated carbocycles. The van der Waals surface area contributed by atoms with E-state index < -0.39 is 0 Å². The van der Waals surface area contributed by atoms with Crippen LogP contribution in [0, 0.1) is 0 Å². The van der Waals surface area contributed by atoms with Gasteiger partial charge in [-0.2, -0.15) is 0 Å².